The van der Waals surface area contributed by atoms with Gasteiger partial charge in [-0.25, -0.2) is 0 Å². The Bertz CT molecular complexity index is 93.4. The molecule has 0 bridgehead atoms. The number of aliphatic hydroxyl groups excluding tert-OH is 3. The lowest BCUT2D eigenvalue weighted by Gasteiger charge is -1.90. The number of carbonyl (C=O) groups is 1. The van der Waals surface area contributed by atoms with E-state index in [0.29, 0.717) is 0 Å². The highest BCUT2D eigenvalue weighted by Gasteiger charge is 1.98. The number of amides is 1. The number of primary amides is 1. The van der Waals surface area contributed by atoms with Gasteiger partial charge in [0.05, 0.1) is 13.2 Å². The van der Waals surface area contributed by atoms with Crippen molar-refractivity contribution >= 4 is 5.91 Å². The molecule has 0 aliphatic carbocycles. The maximum Gasteiger partial charge on any atom is 0.245 e. The molecule has 0 saturated carbocycles. The molecular weight excluding hydrogens is 162 g/mol. The second kappa shape index (κ2) is 16.6. The molecule has 0 aliphatic rings. The summed E-state index contributed by atoms with van der Waals surface area (Å²) in [5, 5.41) is 23.4. The summed E-state index contributed by atoms with van der Waals surface area (Å²) in [6.45, 7) is 7.07. The van der Waals surface area contributed by atoms with Crippen LogP contribution in [0.5, 0.6) is 0 Å². The summed E-state index contributed by atoms with van der Waals surface area (Å²) in [5.41, 5.74) is 4.55. The van der Waals surface area contributed by atoms with Crippen LogP contribution in [-0.2, 0) is 4.79 Å². The van der Waals surface area contributed by atoms with Crippen LogP contribution in [0.15, 0.2) is 13.2 Å². The summed E-state index contributed by atoms with van der Waals surface area (Å²) < 4.78 is 0. The quantitative estimate of drug-likeness (QED) is 0.392. The third-order valence-corrected chi connectivity index (χ3v) is 0.512. The monoisotopic (exact) mass is 179 g/mol. The van der Waals surface area contributed by atoms with Gasteiger partial charge in [-0.3, -0.25) is 4.79 Å². The highest BCUT2D eigenvalue weighted by Crippen LogP contribution is 1.70. The highest BCUT2D eigenvalue weighted by molar-refractivity contribution is 5.77. The molecule has 0 aromatic rings. The predicted molar refractivity (Wildman–Crippen MR) is 46.3 cm³/mol. The second-order valence-corrected chi connectivity index (χ2v) is 1.53. The third kappa shape index (κ3) is 35.6. The van der Waals surface area contributed by atoms with Crippen molar-refractivity contribution in [1.29, 1.82) is 0 Å². The summed E-state index contributed by atoms with van der Waals surface area (Å²) >= 11 is 0. The van der Waals surface area contributed by atoms with Crippen molar-refractivity contribution < 1.29 is 20.1 Å². The molecule has 0 heterocycles. The SMILES string of the molecule is C=C.CC(O)C(N)=O.OCCO. The normalized spacial score (nSPS) is 9.67. The minimum absolute atomic E-state index is 0.125. The van der Waals surface area contributed by atoms with Gasteiger partial charge in [-0.2, -0.15) is 0 Å². The van der Waals surface area contributed by atoms with E-state index in [1.807, 2.05) is 0 Å². The van der Waals surface area contributed by atoms with Gasteiger partial charge >= 0.3 is 0 Å². The number of nitrogens with two attached hydrogens (primary N) is 1. The molecule has 0 aromatic carbocycles. The van der Waals surface area contributed by atoms with Gasteiger partial charge in [0.2, 0.25) is 5.91 Å². The first-order chi connectivity index (χ1) is 5.56. The summed E-state index contributed by atoms with van der Waals surface area (Å²) in [6, 6.07) is 0. The molecule has 0 saturated heterocycles. The molecule has 0 radical (unpaired) electrons. The van der Waals surface area contributed by atoms with Crippen LogP contribution in [0, 0.1) is 0 Å². The van der Waals surface area contributed by atoms with Crippen molar-refractivity contribution in [3.63, 3.8) is 0 Å². The van der Waals surface area contributed by atoms with Crippen LogP contribution in [-0.4, -0.2) is 40.5 Å². The van der Waals surface area contributed by atoms with Gasteiger partial charge < -0.3 is 21.1 Å². The molecule has 5 N–H and O–H groups in total. The lowest BCUT2D eigenvalue weighted by molar-refractivity contribution is -0.125. The molecule has 74 valence electrons. The Balaban J connectivity index is -0.000000118. The molecule has 0 aromatic heterocycles. The molecule has 1 atom stereocenters. The van der Waals surface area contributed by atoms with E-state index in [2.05, 4.69) is 18.9 Å². The number of aliphatic hydroxyl groups is 3. The van der Waals surface area contributed by atoms with Gasteiger partial charge in [0.25, 0.3) is 0 Å². The van der Waals surface area contributed by atoms with Gasteiger partial charge in [0, 0.05) is 0 Å². The minimum atomic E-state index is -1.01. The summed E-state index contributed by atoms with van der Waals surface area (Å²) in [5.74, 6) is -0.685. The molecule has 0 fully saturated rings. The van der Waals surface area contributed by atoms with E-state index >= 15 is 0 Å². The van der Waals surface area contributed by atoms with Crippen molar-refractivity contribution in [3.05, 3.63) is 13.2 Å². The second-order valence-electron chi connectivity index (χ2n) is 1.53. The molecule has 1 amide bonds. The van der Waals surface area contributed by atoms with Crippen molar-refractivity contribution in [3.8, 4) is 0 Å². The van der Waals surface area contributed by atoms with Gasteiger partial charge in [-0.15, -0.1) is 13.2 Å². The molecule has 12 heavy (non-hydrogen) atoms. The van der Waals surface area contributed by atoms with Crippen LogP contribution in [0.1, 0.15) is 6.92 Å². The molecule has 5 heteroatoms. The molecule has 0 aliphatic heterocycles. The maximum absolute atomic E-state index is 9.67. The summed E-state index contributed by atoms with van der Waals surface area (Å²) in [7, 11) is 0. The Morgan fingerprint density at radius 2 is 1.58 bits per heavy atom. The van der Waals surface area contributed by atoms with Crippen LogP contribution in [0.25, 0.3) is 0 Å². The Morgan fingerprint density at radius 1 is 1.42 bits per heavy atom. The minimum Gasteiger partial charge on any atom is -0.394 e. The number of rotatable bonds is 2. The Hall–Kier alpha value is -0.910. The van der Waals surface area contributed by atoms with Crippen LogP contribution >= 0.6 is 0 Å². The molecule has 5 nitrogen and oxygen atoms in total. The first kappa shape index (κ1) is 17.3. The zero-order chi connectivity index (χ0) is 10.6. The Kier molecular flexibility index (Phi) is 23.8. The summed E-state index contributed by atoms with van der Waals surface area (Å²) in [6.07, 6.45) is -1.01. The fourth-order valence-corrected chi connectivity index (χ4v) is 0. The predicted octanol–water partition coefficient (Wildman–Crippen LogP) is -1.37. The van der Waals surface area contributed by atoms with Crippen LogP contribution in [0.4, 0.5) is 0 Å². The number of carbonyl (C=O) groups excluding carboxylic acids is 1. The molecular formula is C7H17NO4. The van der Waals surface area contributed by atoms with Crippen molar-refractivity contribution in [1.82, 2.24) is 0 Å². The van der Waals surface area contributed by atoms with E-state index in [0.717, 1.165) is 0 Å². The average Bonchev–Trinajstić information content (AvgIpc) is 2.08. The number of hydrogen-bond donors (Lipinski definition) is 4. The maximum atomic E-state index is 9.67. The lowest BCUT2D eigenvalue weighted by Crippen LogP contribution is -2.24. The van der Waals surface area contributed by atoms with Crippen LogP contribution in [0.3, 0.4) is 0 Å². The molecule has 0 rings (SSSR count). The van der Waals surface area contributed by atoms with Crippen molar-refractivity contribution in [2.24, 2.45) is 5.73 Å². The van der Waals surface area contributed by atoms with Gasteiger partial charge in [-0.1, -0.05) is 0 Å². The van der Waals surface area contributed by atoms with Crippen molar-refractivity contribution in [2.45, 2.75) is 13.0 Å². The smallest absolute Gasteiger partial charge is 0.245 e. The van der Waals surface area contributed by atoms with Gasteiger partial charge in [-0.05, 0) is 6.92 Å². The fourth-order valence-electron chi connectivity index (χ4n) is 0. The van der Waals surface area contributed by atoms with E-state index in [1.165, 1.54) is 6.92 Å². The van der Waals surface area contributed by atoms with E-state index in [1.54, 1.807) is 0 Å². The highest BCUT2D eigenvalue weighted by atomic mass is 16.3. The van der Waals surface area contributed by atoms with Gasteiger partial charge in [0.1, 0.15) is 6.10 Å². The van der Waals surface area contributed by atoms with E-state index < -0.39 is 12.0 Å². The fraction of sp³-hybridized carbons (Fsp3) is 0.571. The first-order valence-corrected chi connectivity index (χ1v) is 3.25. The van der Waals surface area contributed by atoms with Crippen molar-refractivity contribution in [2.75, 3.05) is 13.2 Å². The zero-order valence-electron chi connectivity index (χ0n) is 7.23. The third-order valence-electron chi connectivity index (χ3n) is 0.512. The first-order valence-electron chi connectivity index (χ1n) is 3.25. The van der Waals surface area contributed by atoms with E-state index in [-0.39, 0.29) is 13.2 Å². The summed E-state index contributed by atoms with van der Waals surface area (Å²) in [4.78, 5) is 9.67. The average molecular weight is 179 g/mol. The van der Waals surface area contributed by atoms with Crippen LogP contribution < -0.4 is 5.73 Å². The standard InChI is InChI=1S/C3H7NO2.C2H6O2.C2H4/c1-2(5)3(4)6;3-1-2-4;1-2/h2,5H,1H3,(H2,4,6);3-4H,1-2H2;1-2H2. The Labute approximate surface area is 72.1 Å². The van der Waals surface area contributed by atoms with E-state index in [9.17, 15) is 4.79 Å². The van der Waals surface area contributed by atoms with E-state index in [4.69, 9.17) is 15.3 Å². The largest absolute Gasteiger partial charge is 0.394 e. The lowest BCUT2D eigenvalue weighted by atomic mass is 10.4. The molecule has 0 spiro atoms. The van der Waals surface area contributed by atoms with Crippen LogP contribution in [0.2, 0.25) is 0 Å². The zero-order valence-corrected chi connectivity index (χ0v) is 7.23. The Morgan fingerprint density at radius 3 is 1.58 bits per heavy atom. The number of hydrogen-bond acceptors (Lipinski definition) is 4. The topological polar surface area (TPSA) is 104 Å². The molecule has 1 unspecified atom stereocenters. The van der Waals surface area contributed by atoms with Gasteiger partial charge in [0.15, 0.2) is 0 Å².